The van der Waals surface area contributed by atoms with Gasteiger partial charge in [0.15, 0.2) is 0 Å². The zero-order chi connectivity index (χ0) is 41.3. The van der Waals surface area contributed by atoms with Gasteiger partial charge in [-0.15, -0.1) is 0 Å². The number of carbonyl (C=O) groups is 5. The van der Waals surface area contributed by atoms with Crippen LogP contribution in [0.15, 0.2) is 54.6 Å². The number of benzene rings is 3. The van der Waals surface area contributed by atoms with Gasteiger partial charge in [-0.1, -0.05) is 39.3 Å². The van der Waals surface area contributed by atoms with E-state index < -0.39 is 35.5 Å². The number of piperazine rings is 1. The van der Waals surface area contributed by atoms with Crippen molar-refractivity contribution in [1.29, 1.82) is 5.26 Å². The molecule has 15 heteroatoms. The number of nitriles is 1. The Hall–Kier alpha value is -5.52. The third-order valence-electron chi connectivity index (χ3n) is 12.6. The lowest BCUT2D eigenvalue weighted by Gasteiger charge is -2.63. The number of piperidine rings is 1. The molecule has 1 saturated carbocycles. The number of hydrogen-bond acceptors (Lipinski definition) is 10. The highest BCUT2D eigenvalue weighted by Crippen LogP contribution is 2.55. The molecule has 0 radical (unpaired) electrons. The van der Waals surface area contributed by atoms with Crippen LogP contribution in [0.4, 0.5) is 15.8 Å². The van der Waals surface area contributed by atoms with Crippen molar-refractivity contribution in [3.8, 4) is 11.8 Å². The van der Waals surface area contributed by atoms with Crippen molar-refractivity contribution in [3.63, 3.8) is 0 Å². The number of carbonyl (C=O) groups excluding carboxylic acids is 5. The molecule has 1 atom stereocenters. The molecule has 4 heterocycles. The van der Waals surface area contributed by atoms with E-state index >= 15 is 4.39 Å². The van der Waals surface area contributed by atoms with Crippen LogP contribution in [0.3, 0.4) is 0 Å². The van der Waals surface area contributed by atoms with E-state index in [0.29, 0.717) is 54.0 Å². The molecule has 5 aliphatic rings. The minimum absolute atomic E-state index is 0.0120. The summed E-state index contributed by atoms with van der Waals surface area (Å²) < 4.78 is 21.8. The minimum atomic E-state index is -1.11. The summed E-state index contributed by atoms with van der Waals surface area (Å²) in [5, 5.41) is 15.0. The van der Waals surface area contributed by atoms with Crippen LogP contribution in [0.2, 0.25) is 5.02 Å². The first-order valence-corrected chi connectivity index (χ1v) is 20.0. The average molecular weight is 810 g/mol. The van der Waals surface area contributed by atoms with Crippen molar-refractivity contribution >= 4 is 52.5 Å². The van der Waals surface area contributed by atoms with Gasteiger partial charge in [-0.3, -0.25) is 39.1 Å². The fourth-order valence-corrected chi connectivity index (χ4v) is 10.0. The number of amides is 5. The van der Waals surface area contributed by atoms with E-state index in [2.05, 4.69) is 54.2 Å². The highest BCUT2D eigenvalue weighted by molar-refractivity contribution is 6.31. The van der Waals surface area contributed by atoms with Gasteiger partial charge in [0.25, 0.3) is 17.7 Å². The molecule has 8 rings (SSSR count). The van der Waals surface area contributed by atoms with Gasteiger partial charge in [0.2, 0.25) is 11.8 Å². The normalized spacial score (nSPS) is 24.1. The van der Waals surface area contributed by atoms with Crippen LogP contribution >= 0.6 is 11.6 Å². The maximum Gasteiger partial charge on any atom is 0.262 e. The zero-order valence-electron chi connectivity index (χ0n) is 32.8. The predicted octanol–water partition coefficient (Wildman–Crippen LogP) is 4.62. The van der Waals surface area contributed by atoms with Crippen molar-refractivity contribution in [2.75, 3.05) is 55.6 Å². The van der Waals surface area contributed by atoms with Crippen molar-refractivity contribution < 1.29 is 33.1 Å². The molecule has 58 heavy (non-hydrogen) atoms. The Kier molecular flexibility index (Phi) is 9.96. The van der Waals surface area contributed by atoms with Crippen LogP contribution in [-0.4, -0.2) is 103 Å². The number of anilines is 2. The molecule has 0 bridgehead atoms. The van der Waals surface area contributed by atoms with Crippen LogP contribution in [0.25, 0.3) is 0 Å². The first-order chi connectivity index (χ1) is 27.6. The van der Waals surface area contributed by atoms with Gasteiger partial charge in [-0.2, -0.15) is 5.26 Å². The molecule has 2 N–H and O–H groups in total. The van der Waals surface area contributed by atoms with Crippen LogP contribution in [-0.2, 0) is 9.59 Å². The number of nitrogens with zero attached hydrogens (tertiary/aromatic N) is 5. The van der Waals surface area contributed by atoms with Crippen molar-refractivity contribution in [3.05, 3.63) is 87.7 Å². The highest BCUT2D eigenvalue weighted by atomic mass is 35.5. The Morgan fingerprint density at radius 2 is 1.59 bits per heavy atom. The Balaban J connectivity index is 0.804. The quantitative estimate of drug-likeness (QED) is 0.293. The third kappa shape index (κ3) is 6.83. The molecule has 1 aliphatic carbocycles. The van der Waals surface area contributed by atoms with E-state index in [1.807, 2.05) is 29.2 Å². The molecule has 0 aromatic heterocycles. The smallest absolute Gasteiger partial charge is 0.262 e. The number of fused-ring (bicyclic) bond motifs is 1. The van der Waals surface area contributed by atoms with E-state index in [1.54, 1.807) is 18.2 Å². The third-order valence-corrected chi connectivity index (χ3v) is 12.9. The van der Waals surface area contributed by atoms with Crippen LogP contribution in [0.1, 0.15) is 77.2 Å². The van der Waals surface area contributed by atoms with Crippen LogP contribution in [0, 0.1) is 33.9 Å². The molecular formula is C43H45ClFN7O6. The fourth-order valence-electron chi connectivity index (χ4n) is 9.79. The lowest BCUT2D eigenvalue weighted by atomic mass is 9.49. The standard InChI is InChI=1S/C43H45ClFN7O6/c1-42(2)40(43(3,4)41(42)58-28-10-7-26(20-46)31(44)17-28)48-36(54)25-5-8-27(9-6-25)51-22-24(23-51)21-49-13-15-50(16-14-49)34-19-30-29(18-32(34)45)38(56)52(39(30)57)33-11-12-35(53)47-37(33)55/h5-10,17-19,24,33,40-41H,11-16,21-23H2,1-4H3,(H,48,54)(H,47,53,55)/t33?,40-,41-. The molecule has 13 nitrogen and oxygen atoms in total. The molecule has 1 unspecified atom stereocenters. The van der Waals surface area contributed by atoms with Crippen LogP contribution < -0.4 is 25.2 Å². The Bertz CT molecular complexity index is 2250. The number of nitrogens with one attached hydrogen (secondary N) is 2. The fraction of sp³-hybridized carbons (Fsp3) is 0.442. The summed E-state index contributed by atoms with van der Waals surface area (Å²) in [5.41, 5.74) is 1.51. The Morgan fingerprint density at radius 1 is 0.931 bits per heavy atom. The molecule has 0 spiro atoms. The first-order valence-electron chi connectivity index (χ1n) is 19.6. The minimum Gasteiger partial charge on any atom is -0.489 e. The lowest BCUT2D eigenvalue weighted by molar-refractivity contribution is -0.164. The molecule has 302 valence electrons. The maximum atomic E-state index is 15.4. The number of imide groups is 2. The zero-order valence-corrected chi connectivity index (χ0v) is 33.6. The van der Waals surface area contributed by atoms with Gasteiger partial charge in [-0.05, 0) is 55.0 Å². The van der Waals surface area contributed by atoms with E-state index in [0.717, 1.165) is 36.3 Å². The van der Waals surface area contributed by atoms with Gasteiger partial charge in [0.1, 0.15) is 29.8 Å². The van der Waals surface area contributed by atoms with Crippen LogP contribution in [0.5, 0.6) is 5.75 Å². The monoisotopic (exact) mass is 809 g/mol. The van der Waals surface area contributed by atoms with Crippen molar-refractivity contribution in [2.45, 2.75) is 58.7 Å². The highest BCUT2D eigenvalue weighted by Gasteiger charge is 2.64. The molecule has 4 aliphatic heterocycles. The van der Waals surface area contributed by atoms with E-state index in [4.69, 9.17) is 16.3 Å². The van der Waals surface area contributed by atoms with E-state index in [-0.39, 0.29) is 58.5 Å². The van der Waals surface area contributed by atoms with Gasteiger partial charge < -0.3 is 19.9 Å². The number of rotatable bonds is 9. The summed E-state index contributed by atoms with van der Waals surface area (Å²) in [6.45, 7) is 13.4. The first kappa shape index (κ1) is 39.3. The van der Waals surface area contributed by atoms with E-state index in [9.17, 15) is 29.2 Å². The molecular weight excluding hydrogens is 765 g/mol. The van der Waals surface area contributed by atoms with E-state index in [1.165, 1.54) is 6.07 Å². The second-order valence-corrected chi connectivity index (χ2v) is 17.6. The largest absolute Gasteiger partial charge is 0.489 e. The SMILES string of the molecule is CC1(C)[C@H](NC(=O)c2ccc(N3CC(CN4CCN(c5cc6c(cc5F)C(=O)N(C5CCC(=O)NC5=O)C6=O)CC4)C3)cc2)C(C)(C)[C@H]1Oc1ccc(C#N)c(Cl)c1. The molecule has 3 aromatic rings. The van der Waals surface area contributed by atoms with Gasteiger partial charge in [0, 0.05) is 92.3 Å². The van der Waals surface area contributed by atoms with Gasteiger partial charge in [-0.25, -0.2) is 4.39 Å². The Morgan fingerprint density at radius 3 is 2.21 bits per heavy atom. The summed E-state index contributed by atoms with van der Waals surface area (Å²) in [5.74, 6) is -2.26. The summed E-state index contributed by atoms with van der Waals surface area (Å²) in [6.07, 6.45) is -0.152. The summed E-state index contributed by atoms with van der Waals surface area (Å²) >= 11 is 6.24. The van der Waals surface area contributed by atoms with Gasteiger partial charge >= 0.3 is 0 Å². The number of ether oxygens (including phenoxy) is 1. The maximum absolute atomic E-state index is 15.4. The second-order valence-electron chi connectivity index (χ2n) is 17.2. The predicted molar refractivity (Wildman–Crippen MR) is 213 cm³/mol. The summed E-state index contributed by atoms with van der Waals surface area (Å²) in [4.78, 5) is 71.2. The average Bonchev–Trinajstić information content (AvgIpc) is 3.41. The second kappa shape index (κ2) is 14.7. The summed E-state index contributed by atoms with van der Waals surface area (Å²) in [6, 6.07) is 16.0. The molecule has 3 saturated heterocycles. The Labute approximate surface area is 341 Å². The van der Waals surface area contributed by atoms with Crippen molar-refractivity contribution in [1.82, 2.24) is 20.4 Å². The topological polar surface area (TPSA) is 155 Å². The molecule has 5 amide bonds. The molecule has 3 aromatic carbocycles. The lowest BCUT2D eigenvalue weighted by Crippen LogP contribution is -2.74. The molecule has 4 fully saturated rings. The van der Waals surface area contributed by atoms with Crippen molar-refractivity contribution in [2.24, 2.45) is 16.7 Å². The number of hydrogen-bond donors (Lipinski definition) is 2. The van der Waals surface area contributed by atoms with Gasteiger partial charge in [0.05, 0.1) is 27.4 Å². The number of halogens is 2. The summed E-state index contributed by atoms with van der Waals surface area (Å²) in [7, 11) is 0.